The molecule has 0 saturated heterocycles. The molecular weight excluding hydrogens is 370 g/mol. The van der Waals surface area contributed by atoms with Crippen molar-refractivity contribution in [1.82, 2.24) is 0 Å². The zero-order valence-corrected chi connectivity index (χ0v) is 13.6. The number of aromatic hydroxyl groups is 1. The van der Waals surface area contributed by atoms with Gasteiger partial charge in [-0.3, -0.25) is 4.99 Å². The molecule has 0 atom stereocenters. The highest BCUT2D eigenvalue weighted by atomic mass is 79.9. The first-order chi connectivity index (χ1) is 9.11. The Morgan fingerprint density at radius 3 is 2.68 bits per heavy atom. The van der Waals surface area contributed by atoms with Crippen molar-refractivity contribution in [3.05, 3.63) is 56.5 Å². The Morgan fingerprint density at radius 1 is 1.21 bits per heavy atom. The van der Waals surface area contributed by atoms with Gasteiger partial charge in [-0.2, -0.15) is 0 Å². The third-order valence-corrected chi connectivity index (χ3v) is 3.84. The second-order valence-corrected chi connectivity index (χ2v) is 5.84. The molecule has 0 radical (unpaired) electrons. The van der Waals surface area contributed by atoms with Gasteiger partial charge in [0, 0.05) is 16.3 Å². The van der Waals surface area contributed by atoms with Gasteiger partial charge in [0.05, 0.1) is 10.2 Å². The molecule has 0 saturated carbocycles. The van der Waals surface area contributed by atoms with E-state index in [1.807, 2.05) is 24.3 Å². The Labute approximate surface area is 129 Å². The highest BCUT2D eigenvalue weighted by Gasteiger charge is 2.05. The van der Waals surface area contributed by atoms with Crippen LogP contribution in [0.25, 0.3) is 0 Å². The first kappa shape index (κ1) is 14.3. The molecule has 2 rings (SSSR count). The smallest absolute Gasteiger partial charge is 0.138 e. The minimum atomic E-state index is 0.195. The van der Waals surface area contributed by atoms with Crippen molar-refractivity contribution >= 4 is 43.8 Å². The Morgan fingerprint density at radius 2 is 1.95 bits per heavy atom. The van der Waals surface area contributed by atoms with Crippen LogP contribution in [0.1, 0.15) is 18.1 Å². The second kappa shape index (κ2) is 6.35. The fourth-order valence-electron chi connectivity index (χ4n) is 1.76. The molecule has 0 aromatic heterocycles. The number of benzene rings is 2. The van der Waals surface area contributed by atoms with Crippen LogP contribution in [-0.2, 0) is 6.42 Å². The standard InChI is InChI=1S/C15H13Br2NO/c1-2-10-5-3-4-6-14(10)18-9-11-7-12(16)8-13(17)15(11)19/h3-9,19H,2H2,1H3. The fourth-order valence-corrected chi connectivity index (χ4v) is 3.02. The Bertz CT molecular complexity index is 624. The Hall–Kier alpha value is -1.13. The lowest BCUT2D eigenvalue weighted by Gasteiger charge is -2.04. The Balaban J connectivity index is 2.38. The van der Waals surface area contributed by atoms with Gasteiger partial charge in [0.15, 0.2) is 0 Å². The van der Waals surface area contributed by atoms with Gasteiger partial charge in [-0.25, -0.2) is 0 Å². The van der Waals surface area contributed by atoms with Gasteiger partial charge in [0.25, 0.3) is 0 Å². The van der Waals surface area contributed by atoms with Crippen molar-refractivity contribution < 1.29 is 5.11 Å². The molecule has 0 amide bonds. The van der Waals surface area contributed by atoms with Crippen LogP contribution in [-0.4, -0.2) is 11.3 Å². The average molecular weight is 383 g/mol. The summed E-state index contributed by atoms with van der Waals surface area (Å²) in [5, 5.41) is 9.97. The maximum atomic E-state index is 9.97. The molecular formula is C15H13Br2NO. The van der Waals surface area contributed by atoms with Gasteiger partial charge in [-0.05, 0) is 46.1 Å². The molecule has 2 aromatic carbocycles. The molecule has 0 fully saturated rings. The van der Waals surface area contributed by atoms with Gasteiger partial charge in [-0.1, -0.05) is 41.1 Å². The number of hydrogen-bond donors (Lipinski definition) is 1. The molecule has 0 unspecified atom stereocenters. The van der Waals surface area contributed by atoms with Crippen molar-refractivity contribution in [1.29, 1.82) is 0 Å². The van der Waals surface area contributed by atoms with Crippen molar-refractivity contribution in [2.45, 2.75) is 13.3 Å². The van der Waals surface area contributed by atoms with Crippen molar-refractivity contribution in [3.63, 3.8) is 0 Å². The number of para-hydroxylation sites is 1. The summed E-state index contributed by atoms with van der Waals surface area (Å²) in [7, 11) is 0. The zero-order chi connectivity index (χ0) is 13.8. The van der Waals surface area contributed by atoms with E-state index in [9.17, 15) is 5.11 Å². The first-order valence-corrected chi connectivity index (χ1v) is 7.50. The number of nitrogens with zero attached hydrogens (tertiary/aromatic N) is 1. The van der Waals surface area contributed by atoms with E-state index in [0.29, 0.717) is 10.0 Å². The van der Waals surface area contributed by atoms with E-state index in [2.05, 4.69) is 49.8 Å². The lowest BCUT2D eigenvalue weighted by Crippen LogP contribution is -1.86. The summed E-state index contributed by atoms with van der Waals surface area (Å²) in [5.74, 6) is 0.195. The van der Waals surface area contributed by atoms with Crippen LogP contribution in [0.15, 0.2) is 50.3 Å². The predicted molar refractivity (Wildman–Crippen MR) is 86.6 cm³/mol. The molecule has 1 N–H and O–H groups in total. The van der Waals surface area contributed by atoms with E-state index < -0.39 is 0 Å². The SMILES string of the molecule is CCc1ccccc1N=Cc1cc(Br)cc(Br)c1O. The van der Waals surface area contributed by atoms with Gasteiger partial charge in [0.2, 0.25) is 0 Å². The largest absolute Gasteiger partial charge is 0.506 e. The summed E-state index contributed by atoms with van der Waals surface area (Å²) in [5.41, 5.74) is 2.79. The third kappa shape index (κ3) is 3.45. The lowest BCUT2D eigenvalue weighted by atomic mass is 10.1. The summed E-state index contributed by atoms with van der Waals surface area (Å²) < 4.78 is 1.54. The quantitative estimate of drug-likeness (QED) is 0.724. The van der Waals surface area contributed by atoms with Crippen LogP contribution in [0.2, 0.25) is 0 Å². The second-order valence-electron chi connectivity index (χ2n) is 4.07. The van der Waals surface area contributed by atoms with E-state index in [0.717, 1.165) is 16.6 Å². The van der Waals surface area contributed by atoms with E-state index in [-0.39, 0.29) is 5.75 Å². The molecule has 98 valence electrons. The van der Waals surface area contributed by atoms with Crippen molar-refractivity contribution in [2.24, 2.45) is 4.99 Å². The molecule has 2 nitrogen and oxygen atoms in total. The fraction of sp³-hybridized carbons (Fsp3) is 0.133. The number of phenols is 1. The number of aryl methyl sites for hydroxylation is 1. The highest BCUT2D eigenvalue weighted by Crippen LogP contribution is 2.31. The topological polar surface area (TPSA) is 32.6 Å². The van der Waals surface area contributed by atoms with Crippen molar-refractivity contribution in [3.8, 4) is 5.75 Å². The number of aliphatic imine (C=N–C) groups is 1. The molecule has 0 aliphatic rings. The lowest BCUT2D eigenvalue weighted by molar-refractivity contribution is 0.471. The monoisotopic (exact) mass is 381 g/mol. The van der Waals surface area contributed by atoms with E-state index in [4.69, 9.17) is 0 Å². The van der Waals surface area contributed by atoms with Gasteiger partial charge >= 0.3 is 0 Å². The normalized spacial score (nSPS) is 11.1. The molecule has 0 spiro atoms. The summed E-state index contributed by atoms with van der Waals surface area (Å²) in [4.78, 5) is 4.46. The number of halogens is 2. The molecule has 4 heteroatoms. The predicted octanol–water partition coefficient (Wildman–Crippen LogP) is 5.23. The molecule has 19 heavy (non-hydrogen) atoms. The minimum Gasteiger partial charge on any atom is -0.506 e. The number of hydrogen-bond acceptors (Lipinski definition) is 2. The van der Waals surface area contributed by atoms with Crippen LogP contribution < -0.4 is 0 Å². The number of phenolic OH excluding ortho intramolecular Hbond substituents is 1. The van der Waals surface area contributed by atoms with E-state index in [1.54, 1.807) is 12.3 Å². The maximum Gasteiger partial charge on any atom is 0.138 e. The van der Waals surface area contributed by atoms with Crippen LogP contribution in [0.4, 0.5) is 5.69 Å². The zero-order valence-electron chi connectivity index (χ0n) is 10.4. The summed E-state index contributed by atoms with van der Waals surface area (Å²) in [6.45, 7) is 2.10. The van der Waals surface area contributed by atoms with Crippen LogP contribution in [0, 0.1) is 0 Å². The molecule has 2 aromatic rings. The Kier molecular flexibility index (Phi) is 4.77. The highest BCUT2D eigenvalue weighted by molar-refractivity contribution is 9.11. The van der Waals surface area contributed by atoms with Crippen molar-refractivity contribution in [2.75, 3.05) is 0 Å². The molecule has 0 bridgehead atoms. The number of rotatable bonds is 3. The molecule has 0 heterocycles. The molecule has 0 aliphatic heterocycles. The molecule has 0 aliphatic carbocycles. The van der Waals surface area contributed by atoms with Crippen LogP contribution in [0.5, 0.6) is 5.75 Å². The van der Waals surface area contributed by atoms with E-state index >= 15 is 0 Å². The van der Waals surface area contributed by atoms with Gasteiger partial charge < -0.3 is 5.11 Å². The third-order valence-electron chi connectivity index (χ3n) is 2.77. The minimum absolute atomic E-state index is 0.195. The maximum absolute atomic E-state index is 9.97. The summed E-state index contributed by atoms with van der Waals surface area (Å²) >= 11 is 6.71. The first-order valence-electron chi connectivity index (χ1n) is 5.91. The summed E-state index contributed by atoms with van der Waals surface area (Å²) in [6, 6.07) is 11.6. The van der Waals surface area contributed by atoms with E-state index in [1.165, 1.54) is 5.56 Å². The van der Waals surface area contributed by atoms with Gasteiger partial charge in [0.1, 0.15) is 5.75 Å². The van der Waals surface area contributed by atoms with Gasteiger partial charge in [-0.15, -0.1) is 0 Å². The van der Waals surface area contributed by atoms with Crippen LogP contribution >= 0.6 is 31.9 Å². The average Bonchev–Trinajstić information content (AvgIpc) is 2.41. The summed E-state index contributed by atoms with van der Waals surface area (Å²) in [6.07, 6.45) is 2.61. The van der Waals surface area contributed by atoms with Crippen LogP contribution in [0.3, 0.4) is 0 Å².